The molecule has 1 aliphatic heterocycles. The Bertz CT molecular complexity index is 645. The summed E-state index contributed by atoms with van der Waals surface area (Å²) >= 11 is 1.19. The van der Waals surface area contributed by atoms with E-state index in [1.807, 2.05) is 23.1 Å². The number of ether oxygens (including phenoxy) is 1. The first-order valence-electron chi connectivity index (χ1n) is 7.64. The monoisotopic (exact) mass is 329 g/mol. The first-order chi connectivity index (χ1) is 11.3. The summed E-state index contributed by atoms with van der Waals surface area (Å²) in [4.78, 5) is 14.6. The highest BCUT2D eigenvalue weighted by molar-refractivity contribution is 7.03. The van der Waals surface area contributed by atoms with Gasteiger partial charge >= 0.3 is 0 Å². The largest absolute Gasteiger partial charge is 0.372 e. The first kappa shape index (κ1) is 15.8. The van der Waals surface area contributed by atoms with Crippen molar-refractivity contribution < 1.29 is 9.53 Å². The number of hydrogen-bond donors (Lipinski definition) is 0. The third-order valence-electron chi connectivity index (χ3n) is 4.04. The van der Waals surface area contributed by atoms with Crippen LogP contribution in [0, 0.1) is 0 Å². The summed E-state index contributed by atoms with van der Waals surface area (Å²) in [6.45, 7) is 4.88. The molecule has 2 aromatic rings. The molecule has 2 heterocycles. The van der Waals surface area contributed by atoms with Gasteiger partial charge in [-0.25, -0.2) is 0 Å². The van der Waals surface area contributed by atoms with Crippen LogP contribution in [0.15, 0.2) is 48.4 Å². The van der Waals surface area contributed by atoms with Gasteiger partial charge in [0.1, 0.15) is 0 Å². The van der Waals surface area contributed by atoms with Gasteiger partial charge < -0.3 is 9.64 Å². The summed E-state index contributed by atoms with van der Waals surface area (Å²) in [6, 6.07) is 10.2. The van der Waals surface area contributed by atoms with Crippen LogP contribution in [0.3, 0.4) is 0 Å². The van der Waals surface area contributed by atoms with Crippen molar-refractivity contribution in [3.05, 3.63) is 59.6 Å². The molecule has 6 heteroatoms. The minimum atomic E-state index is -0.0654. The van der Waals surface area contributed by atoms with E-state index in [1.54, 1.807) is 11.5 Å². The van der Waals surface area contributed by atoms with Crippen molar-refractivity contribution >= 4 is 17.4 Å². The van der Waals surface area contributed by atoms with Gasteiger partial charge in [-0.2, -0.15) is 0 Å². The van der Waals surface area contributed by atoms with E-state index in [2.05, 4.69) is 28.3 Å². The molecule has 0 unspecified atom stereocenters. The number of carbonyl (C=O) groups excluding carboxylic acids is 1. The Labute approximate surface area is 139 Å². The van der Waals surface area contributed by atoms with Gasteiger partial charge in [0.2, 0.25) is 0 Å². The highest BCUT2D eigenvalue weighted by atomic mass is 32.1. The number of rotatable bonds is 6. The topological polar surface area (TPSA) is 55.3 Å². The lowest BCUT2D eigenvalue weighted by Gasteiger charge is -2.27. The van der Waals surface area contributed by atoms with E-state index in [0.717, 1.165) is 12.8 Å². The number of aromatic nitrogens is 2. The predicted octanol–water partition coefficient (Wildman–Crippen LogP) is 2.57. The van der Waals surface area contributed by atoms with Gasteiger partial charge in [-0.05, 0) is 29.9 Å². The lowest BCUT2D eigenvalue weighted by Crippen LogP contribution is -2.42. The zero-order valence-corrected chi connectivity index (χ0v) is 13.6. The molecule has 0 N–H and O–H groups in total. The number of nitrogens with zero attached hydrogens (tertiary/aromatic N) is 3. The molecule has 1 aromatic heterocycles. The summed E-state index contributed by atoms with van der Waals surface area (Å²) in [5.41, 5.74) is 1.61. The fourth-order valence-electron chi connectivity index (χ4n) is 2.97. The molecule has 0 aliphatic carbocycles. The van der Waals surface area contributed by atoms with E-state index in [0.29, 0.717) is 18.8 Å². The lowest BCUT2D eigenvalue weighted by molar-refractivity contribution is 0.0377. The van der Waals surface area contributed by atoms with Crippen molar-refractivity contribution in [2.45, 2.75) is 25.0 Å². The molecule has 3 rings (SSSR count). The predicted molar refractivity (Wildman–Crippen MR) is 89.4 cm³/mol. The molecule has 0 spiro atoms. The second-order valence-corrected chi connectivity index (χ2v) is 6.10. The quantitative estimate of drug-likeness (QED) is 0.764. The number of carbonyl (C=O) groups is 1. The van der Waals surface area contributed by atoms with Crippen molar-refractivity contribution in [1.29, 1.82) is 0 Å². The average Bonchev–Trinajstić information content (AvgIpc) is 3.24. The van der Waals surface area contributed by atoms with Gasteiger partial charge in [0.05, 0.1) is 18.8 Å². The Kier molecular flexibility index (Phi) is 5.15. The first-order valence-corrected chi connectivity index (χ1v) is 8.47. The normalized spacial score (nSPS) is 20.6. The zero-order chi connectivity index (χ0) is 16.1. The molecule has 0 saturated carbocycles. The van der Waals surface area contributed by atoms with Crippen LogP contribution >= 0.6 is 11.5 Å². The molecule has 1 amide bonds. The smallest absolute Gasteiger partial charge is 0.275 e. The fraction of sp³-hybridized carbons (Fsp3) is 0.353. The van der Waals surface area contributed by atoms with E-state index in [4.69, 9.17) is 4.74 Å². The van der Waals surface area contributed by atoms with Crippen LogP contribution in [-0.2, 0) is 11.2 Å². The molecule has 0 radical (unpaired) electrons. The SMILES string of the molecule is C=CCO[C@@H]1CCN(C(=O)c2csnn2)[C@H]1Cc1ccccc1. The Morgan fingerprint density at radius 2 is 2.26 bits per heavy atom. The van der Waals surface area contributed by atoms with Gasteiger partial charge in [-0.1, -0.05) is 40.9 Å². The standard InChI is InChI=1S/C17H19N3O2S/c1-2-10-22-16-8-9-20(17(21)14-12-23-19-18-14)15(16)11-13-6-4-3-5-7-13/h2-7,12,15-16H,1,8-11H2/t15-,16+/m0/s1. The molecule has 23 heavy (non-hydrogen) atoms. The van der Waals surface area contributed by atoms with Crippen molar-refractivity contribution in [2.24, 2.45) is 0 Å². The summed E-state index contributed by atoms with van der Waals surface area (Å²) < 4.78 is 9.68. The number of amides is 1. The van der Waals surface area contributed by atoms with Gasteiger partial charge in [-0.3, -0.25) is 4.79 Å². The molecule has 2 atom stereocenters. The number of likely N-dealkylation sites (tertiary alicyclic amines) is 1. The number of benzene rings is 1. The fourth-order valence-corrected chi connectivity index (χ4v) is 3.40. The van der Waals surface area contributed by atoms with Crippen LogP contribution in [-0.4, -0.2) is 45.7 Å². The Balaban J connectivity index is 1.79. The van der Waals surface area contributed by atoms with Crippen molar-refractivity contribution in [1.82, 2.24) is 14.5 Å². The van der Waals surface area contributed by atoms with Gasteiger partial charge in [0, 0.05) is 11.9 Å². The highest BCUT2D eigenvalue weighted by Crippen LogP contribution is 2.26. The van der Waals surface area contributed by atoms with E-state index >= 15 is 0 Å². The van der Waals surface area contributed by atoms with Crippen LogP contribution in [0.1, 0.15) is 22.5 Å². The van der Waals surface area contributed by atoms with E-state index < -0.39 is 0 Å². The van der Waals surface area contributed by atoms with Crippen LogP contribution < -0.4 is 0 Å². The third-order valence-corrected chi connectivity index (χ3v) is 4.54. The van der Waals surface area contributed by atoms with Crippen molar-refractivity contribution in [2.75, 3.05) is 13.2 Å². The summed E-state index contributed by atoms with van der Waals surface area (Å²) in [7, 11) is 0. The van der Waals surface area contributed by atoms with Crippen LogP contribution in [0.25, 0.3) is 0 Å². The molecule has 120 valence electrons. The maximum Gasteiger partial charge on any atom is 0.275 e. The van der Waals surface area contributed by atoms with Crippen molar-refractivity contribution in [3.63, 3.8) is 0 Å². The number of hydrogen-bond acceptors (Lipinski definition) is 5. The minimum Gasteiger partial charge on any atom is -0.372 e. The maximum absolute atomic E-state index is 12.7. The van der Waals surface area contributed by atoms with Gasteiger partial charge in [0.15, 0.2) is 5.69 Å². The van der Waals surface area contributed by atoms with E-state index in [9.17, 15) is 4.79 Å². The second-order valence-electron chi connectivity index (χ2n) is 5.49. The molecular formula is C17H19N3O2S. The molecule has 1 fully saturated rings. The minimum absolute atomic E-state index is 0.00606. The lowest BCUT2D eigenvalue weighted by atomic mass is 10.0. The molecule has 5 nitrogen and oxygen atoms in total. The molecule has 1 aliphatic rings. The van der Waals surface area contributed by atoms with Crippen LogP contribution in [0.4, 0.5) is 0 Å². The summed E-state index contributed by atoms with van der Waals surface area (Å²) in [5, 5.41) is 5.60. The van der Waals surface area contributed by atoms with Crippen LogP contribution in [0.5, 0.6) is 0 Å². The Morgan fingerprint density at radius 1 is 1.43 bits per heavy atom. The summed E-state index contributed by atoms with van der Waals surface area (Å²) in [6.07, 6.45) is 3.36. The Hall–Kier alpha value is -2.05. The molecule has 1 saturated heterocycles. The third kappa shape index (κ3) is 3.65. The van der Waals surface area contributed by atoms with Crippen molar-refractivity contribution in [3.8, 4) is 0 Å². The maximum atomic E-state index is 12.7. The highest BCUT2D eigenvalue weighted by Gasteiger charge is 2.38. The molecule has 1 aromatic carbocycles. The van der Waals surface area contributed by atoms with E-state index in [1.165, 1.54) is 17.1 Å². The zero-order valence-electron chi connectivity index (χ0n) is 12.8. The van der Waals surface area contributed by atoms with Gasteiger partial charge in [-0.15, -0.1) is 11.7 Å². The molecular weight excluding hydrogens is 310 g/mol. The average molecular weight is 329 g/mol. The van der Waals surface area contributed by atoms with Gasteiger partial charge in [0.25, 0.3) is 5.91 Å². The Morgan fingerprint density at radius 3 is 2.96 bits per heavy atom. The van der Waals surface area contributed by atoms with E-state index in [-0.39, 0.29) is 18.1 Å². The molecule has 0 bridgehead atoms. The van der Waals surface area contributed by atoms with Crippen LogP contribution in [0.2, 0.25) is 0 Å². The summed E-state index contributed by atoms with van der Waals surface area (Å²) in [5.74, 6) is -0.0654. The second kappa shape index (κ2) is 7.48.